The highest BCUT2D eigenvalue weighted by Crippen LogP contribution is 2.15. The summed E-state index contributed by atoms with van der Waals surface area (Å²) in [6.45, 7) is 1.64. The largest absolute Gasteiger partial charge is 0.748 e. The molecule has 1 unspecified atom stereocenters. The van der Waals surface area contributed by atoms with Crippen molar-refractivity contribution < 1.29 is 13.0 Å². The Morgan fingerprint density at radius 1 is 1.64 bits per heavy atom. The van der Waals surface area contributed by atoms with Gasteiger partial charge in [0.2, 0.25) is 0 Å². The molecule has 66 valence electrons. The highest BCUT2D eigenvalue weighted by molar-refractivity contribution is 7.85. The lowest BCUT2D eigenvalue weighted by Crippen LogP contribution is -2.19. The lowest BCUT2D eigenvalue weighted by atomic mass is 10.2. The van der Waals surface area contributed by atoms with Crippen LogP contribution in [-0.4, -0.2) is 43.8 Å². The van der Waals surface area contributed by atoms with Crippen molar-refractivity contribution in [3.63, 3.8) is 0 Å². The predicted molar refractivity (Wildman–Crippen MR) is 40.2 cm³/mol. The Morgan fingerprint density at radius 2 is 2.27 bits per heavy atom. The van der Waals surface area contributed by atoms with E-state index in [9.17, 15) is 13.0 Å². The molecule has 5 heteroatoms. The van der Waals surface area contributed by atoms with Gasteiger partial charge in [0.25, 0.3) is 0 Å². The Bertz CT molecular complexity index is 224. The van der Waals surface area contributed by atoms with E-state index in [2.05, 4.69) is 0 Å². The van der Waals surface area contributed by atoms with Crippen LogP contribution in [-0.2, 0) is 10.1 Å². The maximum Gasteiger partial charge on any atom is 0.0949 e. The van der Waals surface area contributed by atoms with Gasteiger partial charge in [-0.1, -0.05) is 0 Å². The fraction of sp³-hybridized carbons (Fsp3) is 1.00. The van der Waals surface area contributed by atoms with E-state index in [1.165, 1.54) is 0 Å². The van der Waals surface area contributed by atoms with Crippen LogP contribution in [0.15, 0.2) is 0 Å². The molecular formula is C6H12NO3S-. The third kappa shape index (κ3) is 3.18. The van der Waals surface area contributed by atoms with Crippen LogP contribution in [0.2, 0.25) is 0 Å². The second kappa shape index (κ2) is 3.08. The third-order valence-corrected chi connectivity index (χ3v) is 2.81. The zero-order chi connectivity index (χ0) is 8.48. The summed E-state index contributed by atoms with van der Waals surface area (Å²) in [7, 11) is -2.08. The predicted octanol–water partition coefficient (Wildman–Crippen LogP) is -0.517. The number of rotatable bonds is 2. The lowest BCUT2D eigenvalue weighted by Gasteiger charge is -2.12. The van der Waals surface area contributed by atoms with Crippen molar-refractivity contribution >= 4 is 10.1 Å². The highest BCUT2D eigenvalue weighted by Gasteiger charge is 2.20. The fourth-order valence-corrected chi connectivity index (χ4v) is 2.30. The number of hydrogen-bond acceptors (Lipinski definition) is 4. The van der Waals surface area contributed by atoms with E-state index < -0.39 is 10.1 Å². The van der Waals surface area contributed by atoms with E-state index >= 15 is 0 Å². The zero-order valence-corrected chi connectivity index (χ0v) is 7.30. The molecule has 1 aliphatic rings. The standard InChI is InChI=1S/C6H13NO3S/c1-7-3-2-6(4-7)5-11(8,9)10/h6H,2-5H2,1H3,(H,8,9,10)/p-1. The van der Waals surface area contributed by atoms with Gasteiger partial charge in [-0.05, 0) is 25.9 Å². The summed E-state index contributed by atoms with van der Waals surface area (Å²) in [5.74, 6) is -0.139. The molecule has 1 heterocycles. The number of hydrogen-bond donors (Lipinski definition) is 0. The normalized spacial score (nSPS) is 27.6. The molecule has 1 atom stereocenters. The Hall–Kier alpha value is -0.130. The van der Waals surface area contributed by atoms with Gasteiger partial charge in [-0.15, -0.1) is 0 Å². The first-order chi connectivity index (χ1) is 4.97. The molecule has 0 aromatic rings. The van der Waals surface area contributed by atoms with Crippen molar-refractivity contribution in [1.82, 2.24) is 4.90 Å². The second-order valence-corrected chi connectivity index (χ2v) is 4.59. The molecule has 1 saturated heterocycles. The monoisotopic (exact) mass is 178 g/mol. The topological polar surface area (TPSA) is 60.4 Å². The maximum atomic E-state index is 10.3. The van der Waals surface area contributed by atoms with Crippen LogP contribution in [0.25, 0.3) is 0 Å². The molecule has 1 aliphatic heterocycles. The lowest BCUT2D eigenvalue weighted by molar-refractivity contribution is 0.396. The van der Waals surface area contributed by atoms with Crippen LogP contribution in [0.5, 0.6) is 0 Å². The first kappa shape index (κ1) is 8.96. The van der Waals surface area contributed by atoms with Gasteiger partial charge in [0.05, 0.1) is 10.1 Å². The summed E-state index contributed by atoms with van der Waals surface area (Å²) >= 11 is 0. The molecule has 4 nitrogen and oxygen atoms in total. The van der Waals surface area contributed by atoms with Gasteiger partial charge in [0.1, 0.15) is 0 Å². The summed E-state index contributed by atoms with van der Waals surface area (Å²) in [5, 5.41) is 0. The van der Waals surface area contributed by atoms with Crippen LogP contribution in [0, 0.1) is 5.92 Å². The van der Waals surface area contributed by atoms with Crippen molar-refractivity contribution in [1.29, 1.82) is 0 Å². The summed E-state index contributed by atoms with van der Waals surface area (Å²) < 4.78 is 31.0. The molecule has 0 N–H and O–H groups in total. The average Bonchev–Trinajstić information content (AvgIpc) is 2.10. The molecule has 0 aromatic carbocycles. The van der Waals surface area contributed by atoms with Crippen molar-refractivity contribution in [2.24, 2.45) is 5.92 Å². The molecule has 0 bridgehead atoms. The molecule has 11 heavy (non-hydrogen) atoms. The summed E-state index contributed by atoms with van der Waals surface area (Å²) in [6, 6.07) is 0. The van der Waals surface area contributed by atoms with Gasteiger partial charge >= 0.3 is 0 Å². The first-order valence-electron chi connectivity index (χ1n) is 3.59. The van der Waals surface area contributed by atoms with Crippen LogP contribution in [0.1, 0.15) is 6.42 Å². The third-order valence-electron chi connectivity index (χ3n) is 1.93. The molecular weight excluding hydrogens is 166 g/mol. The van der Waals surface area contributed by atoms with Gasteiger partial charge < -0.3 is 9.45 Å². The van der Waals surface area contributed by atoms with Crippen LogP contribution in [0.3, 0.4) is 0 Å². The van der Waals surface area contributed by atoms with E-state index in [1.54, 1.807) is 0 Å². The molecule has 0 radical (unpaired) electrons. The number of nitrogens with zero attached hydrogens (tertiary/aromatic N) is 1. The van der Waals surface area contributed by atoms with Gasteiger partial charge in [-0.25, -0.2) is 8.42 Å². The summed E-state index contributed by atoms with van der Waals surface area (Å²) in [4.78, 5) is 2.04. The average molecular weight is 178 g/mol. The van der Waals surface area contributed by atoms with Gasteiger partial charge in [-0.3, -0.25) is 0 Å². The summed E-state index contributed by atoms with van der Waals surface area (Å²) in [5.41, 5.74) is 0. The van der Waals surface area contributed by atoms with Crippen molar-refractivity contribution in [2.75, 3.05) is 25.9 Å². The van der Waals surface area contributed by atoms with E-state index in [-0.39, 0.29) is 11.7 Å². The maximum absolute atomic E-state index is 10.3. The van der Waals surface area contributed by atoms with E-state index in [4.69, 9.17) is 0 Å². The minimum Gasteiger partial charge on any atom is -0.748 e. The van der Waals surface area contributed by atoms with Gasteiger partial charge in [-0.2, -0.15) is 0 Å². The van der Waals surface area contributed by atoms with E-state index in [1.807, 2.05) is 11.9 Å². The second-order valence-electron chi connectivity index (χ2n) is 3.14. The molecule has 0 aromatic heterocycles. The minimum atomic E-state index is -4.01. The molecule has 0 saturated carbocycles. The van der Waals surface area contributed by atoms with Crippen LogP contribution in [0.4, 0.5) is 0 Å². The minimum absolute atomic E-state index is 0.0579. The van der Waals surface area contributed by atoms with Crippen molar-refractivity contribution in [2.45, 2.75) is 6.42 Å². The Balaban J connectivity index is 2.41. The molecule has 0 spiro atoms. The summed E-state index contributed by atoms with van der Waals surface area (Å²) in [6.07, 6.45) is 0.831. The Labute approximate surface area is 66.9 Å². The molecule has 0 aliphatic carbocycles. The van der Waals surface area contributed by atoms with Gasteiger partial charge in [0.15, 0.2) is 0 Å². The van der Waals surface area contributed by atoms with Gasteiger partial charge in [0, 0.05) is 12.3 Å². The van der Waals surface area contributed by atoms with Crippen LogP contribution < -0.4 is 0 Å². The fourth-order valence-electron chi connectivity index (χ4n) is 1.45. The molecule has 0 amide bonds. The zero-order valence-electron chi connectivity index (χ0n) is 6.49. The smallest absolute Gasteiger partial charge is 0.0949 e. The quantitative estimate of drug-likeness (QED) is 0.534. The van der Waals surface area contributed by atoms with Crippen LogP contribution >= 0.6 is 0 Å². The Morgan fingerprint density at radius 3 is 2.64 bits per heavy atom. The number of likely N-dealkylation sites (tertiary alicyclic amines) is 1. The first-order valence-corrected chi connectivity index (χ1v) is 5.17. The van der Waals surface area contributed by atoms with E-state index in [0.717, 1.165) is 19.5 Å². The van der Waals surface area contributed by atoms with Crippen molar-refractivity contribution in [3.8, 4) is 0 Å². The SMILES string of the molecule is CN1CCC(CS(=O)(=O)[O-])C1. The van der Waals surface area contributed by atoms with Crippen molar-refractivity contribution in [3.05, 3.63) is 0 Å². The van der Waals surface area contributed by atoms with E-state index in [0.29, 0.717) is 0 Å². The Kier molecular flexibility index (Phi) is 2.51. The molecule has 1 fully saturated rings. The molecule has 1 rings (SSSR count). The highest BCUT2D eigenvalue weighted by atomic mass is 32.2.